The molecule has 2 amide bonds. The van der Waals surface area contributed by atoms with Gasteiger partial charge < -0.3 is 5.73 Å². The summed E-state index contributed by atoms with van der Waals surface area (Å²) in [7, 11) is 0. The highest BCUT2D eigenvalue weighted by Gasteiger charge is 2.43. The van der Waals surface area contributed by atoms with Crippen molar-refractivity contribution in [1.29, 1.82) is 0 Å². The summed E-state index contributed by atoms with van der Waals surface area (Å²) in [4.78, 5) is 28.8. The minimum atomic E-state index is -0.273. The topological polar surface area (TPSA) is 76.3 Å². The first-order valence-electron chi connectivity index (χ1n) is 5.11. The molecule has 5 nitrogen and oxygen atoms in total. The minimum Gasteiger partial charge on any atom is -0.384 e. The van der Waals surface area contributed by atoms with Crippen molar-refractivity contribution in [3.05, 3.63) is 18.3 Å². The average molecular weight is 219 g/mol. The Morgan fingerprint density at radius 1 is 1.19 bits per heavy atom. The van der Waals surface area contributed by atoms with Gasteiger partial charge in [0.2, 0.25) is 11.8 Å². The molecule has 5 heteroatoms. The smallest absolute Gasteiger partial charge is 0.237 e. The Morgan fingerprint density at radius 3 is 2.19 bits per heavy atom. The first-order valence-corrected chi connectivity index (χ1v) is 5.11. The van der Waals surface area contributed by atoms with E-state index in [0.29, 0.717) is 11.5 Å². The highest BCUT2D eigenvalue weighted by Crippen LogP contribution is 2.29. The van der Waals surface area contributed by atoms with Crippen molar-refractivity contribution >= 4 is 23.3 Å². The molecule has 0 saturated carbocycles. The van der Waals surface area contributed by atoms with Gasteiger partial charge in [-0.05, 0) is 12.1 Å². The van der Waals surface area contributed by atoms with Gasteiger partial charge in [-0.2, -0.15) is 0 Å². The van der Waals surface area contributed by atoms with Crippen LogP contribution in [0.2, 0.25) is 0 Å². The van der Waals surface area contributed by atoms with E-state index in [4.69, 9.17) is 5.73 Å². The maximum absolute atomic E-state index is 11.9. The highest BCUT2D eigenvalue weighted by atomic mass is 16.2. The number of aromatic nitrogens is 1. The quantitative estimate of drug-likeness (QED) is 0.709. The van der Waals surface area contributed by atoms with E-state index < -0.39 is 0 Å². The van der Waals surface area contributed by atoms with Crippen LogP contribution in [0.5, 0.6) is 0 Å². The van der Waals surface area contributed by atoms with Crippen LogP contribution in [-0.4, -0.2) is 16.8 Å². The maximum Gasteiger partial charge on any atom is 0.237 e. The van der Waals surface area contributed by atoms with E-state index in [1.54, 1.807) is 26.0 Å². The predicted octanol–water partition coefficient (Wildman–Crippen LogP) is 0.809. The number of amides is 2. The Balaban J connectivity index is 2.38. The van der Waals surface area contributed by atoms with Gasteiger partial charge in [-0.25, -0.2) is 9.88 Å². The molecule has 2 heterocycles. The second-order valence-corrected chi connectivity index (χ2v) is 4.03. The summed E-state index contributed by atoms with van der Waals surface area (Å²) in [5.74, 6) is -0.535. The van der Waals surface area contributed by atoms with E-state index in [1.165, 1.54) is 11.1 Å². The number of anilines is 2. The van der Waals surface area contributed by atoms with Crippen LogP contribution in [0.25, 0.3) is 0 Å². The zero-order valence-electron chi connectivity index (χ0n) is 9.18. The van der Waals surface area contributed by atoms with E-state index >= 15 is 0 Å². The minimum absolute atomic E-state index is 0.177. The summed E-state index contributed by atoms with van der Waals surface area (Å²) in [6.45, 7) is 3.52. The molecule has 2 rings (SSSR count). The first-order chi connectivity index (χ1) is 7.52. The van der Waals surface area contributed by atoms with Crippen LogP contribution < -0.4 is 10.6 Å². The molecule has 2 atom stereocenters. The largest absolute Gasteiger partial charge is 0.384 e. The van der Waals surface area contributed by atoms with Crippen LogP contribution in [0.4, 0.5) is 11.5 Å². The second kappa shape index (κ2) is 3.59. The Hall–Kier alpha value is -1.91. The Bertz CT molecular complexity index is 421. The Kier molecular flexibility index (Phi) is 2.38. The molecule has 1 aromatic heterocycles. The molecule has 0 bridgehead atoms. The van der Waals surface area contributed by atoms with Gasteiger partial charge in [0.15, 0.2) is 0 Å². The van der Waals surface area contributed by atoms with Gasteiger partial charge in [-0.1, -0.05) is 13.8 Å². The van der Waals surface area contributed by atoms with Crippen LogP contribution in [0.15, 0.2) is 18.3 Å². The number of carbonyl (C=O) groups excluding carboxylic acids is 2. The van der Waals surface area contributed by atoms with Gasteiger partial charge in [0.25, 0.3) is 0 Å². The average Bonchev–Trinajstić information content (AvgIpc) is 2.46. The lowest BCUT2D eigenvalue weighted by molar-refractivity contribution is -0.122. The molecule has 0 aliphatic carbocycles. The zero-order chi connectivity index (χ0) is 11.9. The predicted molar refractivity (Wildman–Crippen MR) is 59.5 cm³/mol. The molecule has 0 aromatic carbocycles. The van der Waals surface area contributed by atoms with Gasteiger partial charge in [0, 0.05) is 11.8 Å². The molecule has 0 spiro atoms. The fourth-order valence-corrected chi connectivity index (χ4v) is 1.73. The first kappa shape index (κ1) is 10.6. The number of nitrogen functional groups attached to an aromatic ring is 1. The number of nitrogens with two attached hydrogens (primary N) is 1. The third-order valence-corrected chi connectivity index (χ3v) is 3.00. The van der Waals surface area contributed by atoms with Crippen molar-refractivity contribution in [3.63, 3.8) is 0 Å². The summed E-state index contributed by atoms with van der Waals surface area (Å²) in [5.41, 5.74) is 5.94. The Morgan fingerprint density at radius 2 is 1.75 bits per heavy atom. The van der Waals surface area contributed by atoms with E-state index in [2.05, 4.69) is 4.98 Å². The van der Waals surface area contributed by atoms with Gasteiger partial charge in [0.05, 0.1) is 11.9 Å². The summed E-state index contributed by atoms with van der Waals surface area (Å²) < 4.78 is 0. The molecule has 2 N–H and O–H groups in total. The normalized spacial score (nSPS) is 25.2. The van der Waals surface area contributed by atoms with Crippen molar-refractivity contribution in [1.82, 2.24) is 4.98 Å². The number of pyridine rings is 1. The highest BCUT2D eigenvalue weighted by molar-refractivity contribution is 6.21. The van der Waals surface area contributed by atoms with Gasteiger partial charge in [-0.15, -0.1) is 0 Å². The third-order valence-electron chi connectivity index (χ3n) is 3.00. The van der Waals surface area contributed by atoms with E-state index in [9.17, 15) is 9.59 Å². The zero-order valence-corrected chi connectivity index (χ0v) is 9.18. The summed E-state index contributed by atoms with van der Waals surface area (Å²) >= 11 is 0. The van der Waals surface area contributed by atoms with Crippen molar-refractivity contribution in [3.8, 4) is 0 Å². The van der Waals surface area contributed by atoms with E-state index in [-0.39, 0.29) is 23.7 Å². The molecule has 0 radical (unpaired) electrons. The summed E-state index contributed by atoms with van der Waals surface area (Å²) in [6, 6.07) is 3.20. The fraction of sp³-hybridized carbons (Fsp3) is 0.364. The van der Waals surface area contributed by atoms with Crippen LogP contribution in [0.1, 0.15) is 13.8 Å². The number of carbonyl (C=O) groups is 2. The van der Waals surface area contributed by atoms with Crippen molar-refractivity contribution in [2.45, 2.75) is 13.8 Å². The second-order valence-electron chi connectivity index (χ2n) is 4.03. The molecule has 1 aromatic rings. The molecule has 1 fully saturated rings. The third kappa shape index (κ3) is 1.44. The maximum atomic E-state index is 11.9. The molecule has 1 saturated heterocycles. The standard InChI is InChI=1S/C11H13N3O2/c1-6-7(2)11(16)14(10(6)15)8-3-4-9(12)13-5-8/h3-7H,1-2H3,(H2,12,13). The molecule has 1 aliphatic heterocycles. The molecule has 2 unspecified atom stereocenters. The molecular weight excluding hydrogens is 206 g/mol. The van der Waals surface area contributed by atoms with Crippen LogP contribution in [0.3, 0.4) is 0 Å². The number of imide groups is 1. The Labute approximate surface area is 93.3 Å². The van der Waals surface area contributed by atoms with Crippen LogP contribution >= 0.6 is 0 Å². The van der Waals surface area contributed by atoms with E-state index in [0.717, 1.165) is 0 Å². The monoisotopic (exact) mass is 219 g/mol. The lowest BCUT2D eigenvalue weighted by Crippen LogP contribution is -2.30. The van der Waals surface area contributed by atoms with E-state index in [1.807, 2.05) is 0 Å². The van der Waals surface area contributed by atoms with Gasteiger partial charge >= 0.3 is 0 Å². The molecule has 16 heavy (non-hydrogen) atoms. The number of hydrogen-bond donors (Lipinski definition) is 1. The van der Waals surface area contributed by atoms with Crippen molar-refractivity contribution < 1.29 is 9.59 Å². The fourth-order valence-electron chi connectivity index (χ4n) is 1.73. The number of nitrogens with zero attached hydrogens (tertiary/aromatic N) is 2. The van der Waals surface area contributed by atoms with Crippen LogP contribution in [0, 0.1) is 11.8 Å². The summed E-state index contributed by atoms with van der Waals surface area (Å²) in [5, 5.41) is 0. The SMILES string of the molecule is CC1C(=O)N(c2ccc(N)nc2)C(=O)C1C. The van der Waals surface area contributed by atoms with Crippen LogP contribution in [-0.2, 0) is 9.59 Å². The number of hydrogen-bond acceptors (Lipinski definition) is 4. The lowest BCUT2D eigenvalue weighted by Gasteiger charge is -2.13. The molecule has 84 valence electrons. The van der Waals surface area contributed by atoms with Crippen molar-refractivity contribution in [2.75, 3.05) is 10.6 Å². The molecule has 1 aliphatic rings. The van der Waals surface area contributed by atoms with Gasteiger partial charge in [0.1, 0.15) is 5.82 Å². The van der Waals surface area contributed by atoms with Crippen molar-refractivity contribution in [2.24, 2.45) is 11.8 Å². The summed E-state index contributed by atoms with van der Waals surface area (Å²) in [6.07, 6.45) is 1.44. The molecular formula is C11H13N3O2. The number of rotatable bonds is 1. The van der Waals surface area contributed by atoms with Gasteiger partial charge in [-0.3, -0.25) is 9.59 Å². The lowest BCUT2D eigenvalue weighted by atomic mass is 10.00.